The van der Waals surface area contributed by atoms with Crippen LogP contribution in [0.1, 0.15) is 105 Å². The van der Waals surface area contributed by atoms with E-state index in [1.54, 1.807) is 47.0 Å². The van der Waals surface area contributed by atoms with Crippen LogP contribution in [-0.2, 0) is 21.7 Å². The van der Waals surface area contributed by atoms with Crippen LogP contribution in [0.4, 0.5) is 22.7 Å². The van der Waals surface area contributed by atoms with Crippen molar-refractivity contribution in [1.29, 1.82) is 0 Å². The normalized spacial score (nSPS) is 14.2. The molecule has 0 aliphatic carbocycles. The van der Waals surface area contributed by atoms with Crippen molar-refractivity contribution < 1.29 is 0 Å². The lowest BCUT2D eigenvalue weighted by Crippen LogP contribution is -2.14. The molecule has 8 heteroatoms. The SMILES string of the molecule is CC(C)(C)c1cc2c(N)c(c1)Sc1cc(C(C)(C)C)cc(c1N)Sc1cc(C(C)(C)C)cc(c1N)Sc1cc(C(C)(C)C)cc(c1N)S2. The molecule has 1 aliphatic heterocycles. The minimum atomic E-state index is -0.0935. The van der Waals surface area contributed by atoms with Gasteiger partial charge in [0.25, 0.3) is 0 Å². The Hall–Kier alpha value is -2.52. The van der Waals surface area contributed by atoms with Crippen molar-refractivity contribution in [1.82, 2.24) is 0 Å². The molecule has 0 aromatic heterocycles. The third-order valence-electron chi connectivity index (χ3n) is 8.76. The van der Waals surface area contributed by atoms with Gasteiger partial charge in [0.1, 0.15) is 0 Å². The van der Waals surface area contributed by atoms with Gasteiger partial charge in [-0.2, -0.15) is 0 Å². The zero-order valence-electron chi connectivity index (χ0n) is 30.6. The van der Waals surface area contributed by atoms with Crippen molar-refractivity contribution in [3.8, 4) is 0 Å². The summed E-state index contributed by atoms with van der Waals surface area (Å²) in [6, 6.07) is 17.9. The standard InChI is InChI=1S/C40H52N4S4/c1-37(2,3)21-13-25-33(41)26(14-21)46-28-16-23(39(7,8)9)18-30(35(28)43)48-32-20-24(40(10,11)12)19-31(36(32)44)47-29-17-22(38(4,5)6)15-27(45-25)34(29)42/h13-20H,41-44H2,1-12H3. The van der Waals surface area contributed by atoms with Gasteiger partial charge in [-0.15, -0.1) is 0 Å². The summed E-state index contributed by atoms with van der Waals surface area (Å²) in [7, 11) is 0. The number of nitrogen functional groups attached to an aromatic ring is 4. The Morgan fingerprint density at radius 3 is 0.521 bits per heavy atom. The number of anilines is 4. The van der Waals surface area contributed by atoms with Gasteiger partial charge in [-0.1, -0.05) is 130 Å². The number of hydrogen-bond acceptors (Lipinski definition) is 8. The van der Waals surface area contributed by atoms with Gasteiger partial charge < -0.3 is 22.9 Å². The van der Waals surface area contributed by atoms with E-state index < -0.39 is 0 Å². The molecular weight excluding hydrogens is 665 g/mol. The highest BCUT2D eigenvalue weighted by Gasteiger charge is 2.27. The summed E-state index contributed by atoms with van der Waals surface area (Å²) in [5, 5.41) is 0. The molecule has 0 atom stereocenters. The van der Waals surface area contributed by atoms with Crippen molar-refractivity contribution >= 4 is 69.8 Å². The zero-order chi connectivity index (χ0) is 35.7. The van der Waals surface area contributed by atoms with Gasteiger partial charge in [-0.3, -0.25) is 0 Å². The molecule has 0 unspecified atom stereocenters. The highest BCUT2D eigenvalue weighted by Crippen LogP contribution is 2.52. The van der Waals surface area contributed by atoms with Crippen LogP contribution < -0.4 is 22.9 Å². The minimum absolute atomic E-state index is 0.0935. The zero-order valence-corrected chi connectivity index (χ0v) is 33.8. The van der Waals surface area contributed by atoms with Gasteiger partial charge in [0, 0.05) is 39.2 Å². The molecule has 8 bridgehead atoms. The highest BCUT2D eigenvalue weighted by molar-refractivity contribution is 8.01. The van der Waals surface area contributed by atoms with Crippen LogP contribution in [-0.4, -0.2) is 0 Å². The fourth-order valence-electron chi connectivity index (χ4n) is 5.29. The molecule has 0 amide bonds. The van der Waals surface area contributed by atoms with Crippen LogP contribution >= 0.6 is 47.0 Å². The Morgan fingerprint density at radius 2 is 0.417 bits per heavy atom. The summed E-state index contributed by atoms with van der Waals surface area (Å²) in [6.45, 7) is 26.9. The highest BCUT2D eigenvalue weighted by atomic mass is 32.2. The predicted molar refractivity (Wildman–Crippen MR) is 215 cm³/mol. The number of rotatable bonds is 0. The maximum atomic E-state index is 7.09. The lowest BCUT2D eigenvalue weighted by atomic mass is 9.87. The second kappa shape index (κ2) is 12.7. The Bertz CT molecular complexity index is 1530. The fraction of sp³-hybridized carbons (Fsp3) is 0.400. The molecule has 48 heavy (non-hydrogen) atoms. The monoisotopic (exact) mass is 716 g/mol. The smallest absolute Gasteiger partial charge is 0.0597 e. The van der Waals surface area contributed by atoms with Crippen molar-refractivity contribution in [3.05, 3.63) is 70.8 Å². The Kier molecular flexibility index (Phi) is 9.70. The molecule has 4 nitrogen and oxygen atoms in total. The first kappa shape index (κ1) is 36.8. The maximum absolute atomic E-state index is 7.09. The minimum Gasteiger partial charge on any atom is -0.397 e. The Labute approximate surface area is 305 Å². The lowest BCUT2D eigenvalue weighted by Gasteiger charge is -2.27. The number of fused-ring (bicyclic) bond motifs is 8. The molecule has 4 aromatic rings. The largest absolute Gasteiger partial charge is 0.397 e. The molecule has 1 heterocycles. The molecule has 0 saturated heterocycles. The van der Waals surface area contributed by atoms with E-state index in [2.05, 4.69) is 132 Å². The van der Waals surface area contributed by atoms with E-state index in [9.17, 15) is 0 Å². The predicted octanol–water partition coefficient (Wildman–Crippen LogP) is 12.1. The van der Waals surface area contributed by atoms with Crippen LogP contribution in [0.25, 0.3) is 0 Å². The van der Waals surface area contributed by atoms with Crippen LogP contribution in [0.5, 0.6) is 0 Å². The first-order valence-electron chi connectivity index (χ1n) is 16.4. The summed E-state index contributed by atoms with van der Waals surface area (Å²) in [4.78, 5) is 7.91. The second-order valence-electron chi connectivity index (χ2n) is 17.0. The van der Waals surface area contributed by atoms with Gasteiger partial charge in [-0.05, 0) is 92.4 Å². The van der Waals surface area contributed by atoms with Gasteiger partial charge in [0.05, 0.1) is 22.7 Å². The molecule has 4 aromatic carbocycles. The Morgan fingerprint density at radius 1 is 0.292 bits per heavy atom. The molecule has 0 saturated carbocycles. The molecule has 8 N–H and O–H groups in total. The maximum Gasteiger partial charge on any atom is 0.0597 e. The fourth-order valence-corrected chi connectivity index (χ4v) is 9.74. The quantitative estimate of drug-likeness (QED) is 0.117. The van der Waals surface area contributed by atoms with E-state index in [-0.39, 0.29) is 21.7 Å². The molecule has 0 fully saturated rings. The molecule has 0 spiro atoms. The van der Waals surface area contributed by atoms with Gasteiger partial charge in [0.2, 0.25) is 0 Å². The van der Waals surface area contributed by atoms with Gasteiger partial charge in [-0.25, -0.2) is 0 Å². The Balaban J connectivity index is 1.89. The van der Waals surface area contributed by atoms with Gasteiger partial charge in [0.15, 0.2) is 0 Å². The lowest BCUT2D eigenvalue weighted by molar-refractivity contribution is 0.587. The van der Waals surface area contributed by atoms with E-state index in [1.807, 2.05) is 0 Å². The number of hydrogen-bond donors (Lipinski definition) is 4. The average Bonchev–Trinajstić information content (AvgIpc) is 2.93. The molecule has 256 valence electrons. The van der Waals surface area contributed by atoms with Crippen molar-refractivity contribution in [2.45, 2.75) is 144 Å². The third kappa shape index (κ3) is 7.62. The van der Waals surface area contributed by atoms with Crippen LogP contribution in [0.15, 0.2) is 87.7 Å². The van der Waals surface area contributed by atoms with Crippen LogP contribution in [0.3, 0.4) is 0 Å². The summed E-state index contributed by atoms with van der Waals surface area (Å²) < 4.78 is 0. The summed E-state index contributed by atoms with van der Waals surface area (Å²) in [5.74, 6) is 0. The van der Waals surface area contributed by atoms with E-state index in [1.165, 1.54) is 22.3 Å². The average molecular weight is 717 g/mol. The van der Waals surface area contributed by atoms with Crippen molar-refractivity contribution in [2.75, 3.05) is 22.9 Å². The second-order valence-corrected chi connectivity index (χ2v) is 21.3. The molecule has 0 radical (unpaired) electrons. The van der Waals surface area contributed by atoms with Crippen molar-refractivity contribution in [3.63, 3.8) is 0 Å². The molecule has 5 rings (SSSR count). The van der Waals surface area contributed by atoms with E-state index in [0.717, 1.165) is 61.9 Å². The van der Waals surface area contributed by atoms with E-state index in [0.29, 0.717) is 0 Å². The number of benzene rings is 4. The summed E-state index contributed by atoms with van der Waals surface area (Å²) >= 11 is 6.58. The first-order valence-corrected chi connectivity index (χ1v) is 19.7. The van der Waals surface area contributed by atoms with Crippen molar-refractivity contribution in [2.24, 2.45) is 0 Å². The summed E-state index contributed by atoms with van der Waals surface area (Å²) in [6.07, 6.45) is 0. The van der Waals surface area contributed by atoms with E-state index >= 15 is 0 Å². The van der Waals surface area contributed by atoms with Gasteiger partial charge >= 0.3 is 0 Å². The summed E-state index contributed by atoms with van der Waals surface area (Å²) in [5.41, 5.74) is 35.8. The van der Waals surface area contributed by atoms with E-state index in [4.69, 9.17) is 22.9 Å². The first-order chi connectivity index (χ1) is 21.9. The molecular formula is C40H52N4S4. The topological polar surface area (TPSA) is 104 Å². The van der Waals surface area contributed by atoms with Crippen LogP contribution in [0.2, 0.25) is 0 Å². The third-order valence-corrected chi connectivity index (χ3v) is 13.2. The molecule has 1 aliphatic rings. The van der Waals surface area contributed by atoms with Crippen LogP contribution in [0, 0.1) is 0 Å². The number of nitrogens with two attached hydrogens (primary N) is 4.